The standard InChI is InChI=1S/C12H18Cl2N2O/c1-2-3-5-17-6-4-16-12-8-10(14)9(13)7-11(12)15/h7-8,16H,2-6,15H2,1H3. The Labute approximate surface area is 112 Å². The van der Waals surface area contributed by atoms with Gasteiger partial charge in [0.25, 0.3) is 0 Å². The first kappa shape index (κ1) is 14.4. The molecule has 3 N–H and O–H groups in total. The highest BCUT2D eigenvalue weighted by Crippen LogP contribution is 2.30. The maximum Gasteiger partial charge on any atom is 0.0639 e. The predicted molar refractivity (Wildman–Crippen MR) is 75.1 cm³/mol. The van der Waals surface area contributed by atoms with E-state index < -0.39 is 0 Å². The Kier molecular flexibility index (Phi) is 6.48. The van der Waals surface area contributed by atoms with Crippen molar-refractivity contribution in [1.29, 1.82) is 0 Å². The zero-order valence-electron chi connectivity index (χ0n) is 9.93. The first-order valence-corrected chi connectivity index (χ1v) is 6.47. The minimum absolute atomic E-state index is 0.467. The third-order valence-electron chi connectivity index (χ3n) is 2.30. The van der Waals surface area contributed by atoms with Gasteiger partial charge in [-0.05, 0) is 18.6 Å². The van der Waals surface area contributed by atoms with Crippen LogP contribution in [0.25, 0.3) is 0 Å². The molecule has 0 saturated carbocycles. The summed E-state index contributed by atoms with van der Waals surface area (Å²) < 4.78 is 5.43. The van der Waals surface area contributed by atoms with E-state index >= 15 is 0 Å². The van der Waals surface area contributed by atoms with E-state index in [0.29, 0.717) is 28.9 Å². The highest BCUT2D eigenvalue weighted by molar-refractivity contribution is 6.42. The molecule has 0 saturated heterocycles. The molecular weight excluding hydrogens is 259 g/mol. The third-order valence-corrected chi connectivity index (χ3v) is 3.02. The summed E-state index contributed by atoms with van der Waals surface area (Å²) in [7, 11) is 0. The van der Waals surface area contributed by atoms with Crippen LogP contribution < -0.4 is 11.1 Å². The zero-order valence-corrected chi connectivity index (χ0v) is 11.4. The van der Waals surface area contributed by atoms with Gasteiger partial charge in [-0.3, -0.25) is 0 Å². The fourth-order valence-electron chi connectivity index (χ4n) is 1.32. The predicted octanol–water partition coefficient (Wildman–Crippen LogP) is 3.80. The van der Waals surface area contributed by atoms with E-state index in [1.807, 2.05) is 0 Å². The van der Waals surface area contributed by atoms with Crippen LogP contribution in [0, 0.1) is 0 Å². The van der Waals surface area contributed by atoms with Crippen LogP contribution in [0.4, 0.5) is 11.4 Å². The van der Waals surface area contributed by atoms with Gasteiger partial charge in [-0.25, -0.2) is 0 Å². The van der Waals surface area contributed by atoms with Gasteiger partial charge >= 0.3 is 0 Å². The highest BCUT2D eigenvalue weighted by Gasteiger charge is 2.04. The van der Waals surface area contributed by atoms with Gasteiger partial charge in [0, 0.05) is 13.2 Å². The Morgan fingerprint density at radius 1 is 1.24 bits per heavy atom. The summed E-state index contributed by atoms with van der Waals surface area (Å²) in [4.78, 5) is 0. The molecule has 5 heteroatoms. The van der Waals surface area contributed by atoms with Crippen LogP contribution in [0.2, 0.25) is 10.0 Å². The van der Waals surface area contributed by atoms with Crippen molar-refractivity contribution in [3.05, 3.63) is 22.2 Å². The molecule has 3 nitrogen and oxygen atoms in total. The van der Waals surface area contributed by atoms with Crippen molar-refractivity contribution in [3.63, 3.8) is 0 Å². The molecule has 1 aromatic carbocycles. The molecule has 0 atom stereocenters. The second-order valence-electron chi connectivity index (χ2n) is 3.75. The molecule has 0 bridgehead atoms. The molecule has 96 valence electrons. The molecular formula is C12H18Cl2N2O. The van der Waals surface area contributed by atoms with Crippen molar-refractivity contribution in [3.8, 4) is 0 Å². The van der Waals surface area contributed by atoms with Crippen LogP contribution in [-0.2, 0) is 4.74 Å². The molecule has 0 fully saturated rings. The van der Waals surface area contributed by atoms with Crippen molar-refractivity contribution < 1.29 is 4.74 Å². The van der Waals surface area contributed by atoms with Gasteiger partial charge in [0.15, 0.2) is 0 Å². The van der Waals surface area contributed by atoms with Crippen LogP contribution in [0.3, 0.4) is 0 Å². The van der Waals surface area contributed by atoms with Gasteiger partial charge in [0.2, 0.25) is 0 Å². The summed E-state index contributed by atoms with van der Waals surface area (Å²) in [6, 6.07) is 3.37. The number of hydrogen-bond acceptors (Lipinski definition) is 3. The zero-order chi connectivity index (χ0) is 12.7. The van der Waals surface area contributed by atoms with Crippen LogP contribution in [0.1, 0.15) is 19.8 Å². The molecule has 17 heavy (non-hydrogen) atoms. The van der Waals surface area contributed by atoms with Crippen LogP contribution in [0.5, 0.6) is 0 Å². The maximum atomic E-state index is 5.91. The Bertz CT molecular complexity index is 359. The second kappa shape index (κ2) is 7.64. The van der Waals surface area contributed by atoms with Crippen molar-refractivity contribution in [2.24, 2.45) is 0 Å². The van der Waals surface area contributed by atoms with Gasteiger partial charge in [0.1, 0.15) is 0 Å². The summed E-state index contributed by atoms with van der Waals surface area (Å²) in [5, 5.41) is 4.13. The van der Waals surface area contributed by atoms with Crippen molar-refractivity contribution >= 4 is 34.6 Å². The smallest absolute Gasteiger partial charge is 0.0639 e. The number of anilines is 2. The van der Waals surface area contributed by atoms with E-state index in [0.717, 1.165) is 25.1 Å². The van der Waals surface area contributed by atoms with E-state index in [9.17, 15) is 0 Å². The molecule has 1 aromatic rings. The van der Waals surface area contributed by atoms with E-state index in [-0.39, 0.29) is 0 Å². The molecule has 0 aromatic heterocycles. The Balaban J connectivity index is 2.34. The number of unbranched alkanes of at least 4 members (excludes halogenated alkanes) is 1. The quantitative estimate of drug-likeness (QED) is 0.588. The van der Waals surface area contributed by atoms with Gasteiger partial charge in [0.05, 0.1) is 28.0 Å². The second-order valence-corrected chi connectivity index (χ2v) is 4.56. The molecule has 0 radical (unpaired) electrons. The van der Waals surface area contributed by atoms with E-state index in [4.69, 9.17) is 33.7 Å². The van der Waals surface area contributed by atoms with Gasteiger partial charge in [-0.1, -0.05) is 36.5 Å². The fourth-order valence-corrected chi connectivity index (χ4v) is 1.66. The monoisotopic (exact) mass is 276 g/mol. The number of benzene rings is 1. The Morgan fingerprint density at radius 3 is 2.65 bits per heavy atom. The number of hydrogen-bond donors (Lipinski definition) is 2. The van der Waals surface area contributed by atoms with Crippen molar-refractivity contribution in [2.75, 3.05) is 30.8 Å². The largest absolute Gasteiger partial charge is 0.397 e. The lowest BCUT2D eigenvalue weighted by Crippen LogP contribution is -2.11. The lowest BCUT2D eigenvalue weighted by Gasteiger charge is -2.10. The molecule has 1 rings (SSSR count). The number of nitrogens with two attached hydrogens (primary N) is 1. The SMILES string of the molecule is CCCCOCCNc1cc(Cl)c(Cl)cc1N. The lowest BCUT2D eigenvalue weighted by molar-refractivity contribution is 0.141. The number of rotatable bonds is 7. The minimum atomic E-state index is 0.467. The van der Waals surface area contributed by atoms with Gasteiger partial charge in [-0.2, -0.15) is 0 Å². The number of halogens is 2. The normalized spacial score (nSPS) is 10.5. The summed E-state index contributed by atoms with van der Waals surface area (Å²) >= 11 is 11.7. The summed E-state index contributed by atoms with van der Waals surface area (Å²) in [6.07, 6.45) is 2.24. The highest BCUT2D eigenvalue weighted by atomic mass is 35.5. The van der Waals surface area contributed by atoms with Crippen molar-refractivity contribution in [1.82, 2.24) is 0 Å². The summed E-state index contributed by atoms with van der Waals surface area (Å²) in [6.45, 7) is 4.29. The van der Waals surface area contributed by atoms with Gasteiger partial charge in [-0.15, -0.1) is 0 Å². The van der Waals surface area contributed by atoms with Crippen LogP contribution in [-0.4, -0.2) is 19.8 Å². The lowest BCUT2D eigenvalue weighted by atomic mass is 10.2. The van der Waals surface area contributed by atoms with E-state index in [1.54, 1.807) is 12.1 Å². The number of ether oxygens (including phenoxy) is 1. The van der Waals surface area contributed by atoms with E-state index in [2.05, 4.69) is 12.2 Å². The molecule has 0 spiro atoms. The van der Waals surface area contributed by atoms with Crippen molar-refractivity contribution in [2.45, 2.75) is 19.8 Å². The topological polar surface area (TPSA) is 47.3 Å². The molecule has 0 unspecified atom stereocenters. The molecule has 0 heterocycles. The molecule has 0 aliphatic carbocycles. The minimum Gasteiger partial charge on any atom is -0.397 e. The summed E-state index contributed by atoms with van der Waals surface area (Å²) in [5.74, 6) is 0. The average Bonchev–Trinajstić information content (AvgIpc) is 2.30. The molecule has 0 amide bonds. The first-order chi connectivity index (χ1) is 8.15. The molecule has 0 aliphatic heterocycles. The third kappa shape index (κ3) is 5.02. The molecule has 0 aliphatic rings. The maximum absolute atomic E-state index is 5.91. The number of nitrogen functional groups attached to an aromatic ring is 1. The Morgan fingerprint density at radius 2 is 1.94 bits per heavy atom. The van der Waals surface area contributed by atoms with E-state index in [1.165, 1.54) is 0 Å². The van der Waals surface area contributed by atoms with Gasteiger partial charge < -0.3 is 15.8 Å². The fraction of sp³-hybridized carbons (Fsp3) is 0.500. The average molecular weight is 277 g/mol. The van der Waals surface area contributed by atoms with Crippen LogP contribution in [0.15, 0.2) is 12.1 Å². The summed E-state index contributed by atoms with van der Waals surface area (Å²) in [5.41, 5.74) is 7.19. The number of nitrogens with one attached hydrogen (secondary N) is 1. The first-order valence-electron chi connectivity index (χ1n) is 5.71. The van der Waals surface area contributed by atoms with Crippen LogP contribution >= 0.6 is 23.2 Å². The Hall–Kier alpha value is -0.640.